The lowest BCUT2D eigenvalue weighted by atomic mass is 10.0. The minimum atomic E-state index is -4.87. The van der Waals surface area contributed by atoms with Crippen molar-refractivity contribution in [1.29, 1.82) is 0 Å². The molecule has 0 spiro atoms. The second kappa shape index (κ2) is 11.6. The van der Waals surface area contributed by atoms with Crippen LogP contribution in [0.25, 0.3) is 0 Å². The summed E-state index contributed by atoms with van der Waals surface area (Å²) in [6.45, 7) is 6.48. The molecule has 4 rings (SSSR count). The van der Waals surface area contributed by atoms with E-state index in [4.69, 9.17) is 9.47 Å². The first-order valence-electron chi connectivity index (χ1n) is 12.0. The molecule has 2 heterocycles. The number of rotatable bonds is 9. The van der Waals surface area contributed by atoms with Crippen LogP contribution < -0.4 is 19.1 Å². The Kier molecular flexibility index (Phi) is 8.44. The molecule has 0 saturated carbocycles. The third-order valence-corrected chi connectivity index (χ3v) is 7.54. The van der Waals surface area contributed by atoms with Gasteiger partial charge < -0.3 is 19.1 Å². The van der Waals surface area contributed by atoms with Gasteiger partial charge >= 0.3 is 6.36 Å². The van der Waals surface area contributed by atoms with Crippen LogP contribution in [-0.2, 0) is 21.2 Å². The van der Waals surface area contributed by atoms with Gasteiger partial charge in [0.2, 0.25) is 15.9 Å². The topological polar surface area (TPSA) is 90.0 Å². The highest BCUT2D eigenvalue weighted by Crippen LogP contribution is 2.32. The number of halogens is 3. The summed E-state index contributed by atoms with van der Waals surface area (Å²) in [5.41, 5.74) is 2.41. The molecule has 0 radical (unpaired) electrons. The van der Waals surface area contributed by atoms with Gasteiger partial charge in [-0.25, -0.2) is 18.1 Å². The van der Waals surface area contributed by atoms with Crippen molar-refractivity contribution in [2.75, 3.05) is 31.2 Å². The molecule has 12 heteroatoms. The van der Waals surface area contributed by atoms with E-state index in [0.717, 1.165) is 48.6 Å². The van der Waals surface area contributed by atoms with E-state index < -0.39 is 28.2 Å². The van der Waals surface area contributed by atoms with Crippen LogP contribution in [0.4, 0.5) is 18.9 Å². The summed E-state index contributed by atoms with van der Waals surface area (Å²) in [6, 6.07) is 12.7. The van der Waals surface area contributed by atoms with Crippen molar-refractivity contribution in [1.82, 2.24) is 9.71 Å². The number of ether oxygens (including phenoxy) is 3. The maximum atomic E-state index is 12.9. The third kappa shape index (κ3) is 6.94. The van der Waals surface area contributed by atoms with Gasteiger partial charge in [0.05, 0.1) is 18.1 Å². The van der Waals surface area contributed by atoms with Gasteiger partial charge in [-0.05, 0) is 61.4 Å². The highest BCUT2D eigenvalue weighted by atomic mass is 32.2. The maximum Gasteiger partial charge on any atom is 0.573 e. The molecule has 0 amide bonds. The average molecular weight is 552 g/mol. The van der Waals surface area contributed by atoms with Crippen LogP contribution in [0.15, 0.2) is 65.7 Å². The van der Waals surface area contributed by atoms with E-state index in [1.54, 1.807) is 19.2 Å². The van der Waals surface area contributed by atoms with Crippen molar-refractivity contribution in [2.24, 2.45) is 0 Å². The van der Waals surface area contributed by atoms with E-state index >= 15 is 0 Å². The molecule has 1 N–H and O–H groups in total. The third-order valence-electron chi connectivity index (χ3n) is 5.98. The normalized spacial score (nSPS) is 15.2. The monoisotopic (exact) mass is 551 g/mol. The number of nitrogens with one attached hydrogen (secondary N) is 1. The summed E-state index contributed by atoms with van der Waals surface area (Å²) in [6.07, 6.45) is -2.80. The van der Waals surface area contributed by atoms with Gasteiger partial charge in [0.1, 0.15) is 11.5 Å². The molecule has 204 valence electrons. The summed E-state index contributed by atoms with van der Waals surface area (Å²) >= 11 is 0. The van der Waals surface area contributed by atoms with E-state index in [9.17, 15) is 21.6 Å². The van der Waals surface area contributed by atoms with Crippen LogP contribution in [0.2, 0.25) is 0 Å². The van der Waals surface area contributed by atoms with Gasteiger partial charge in [-0.15, -0.1) is 13.2 Å². The van der Waals surface area contributed by atoms with Crippen LogP contribution in [0, 0.1) is 0 Å². The smallest absolute Gasteiger partial charge is 0.439 e. The lowest BCUT2D eigenvalue weighted by Gasteiger charge is -2.29. The predicted molar refractivity (Wildman–Crippen MR) is 135 cm³/mol. The highest BCUT2D eigenvalue weighted by Gasteiger charge is 2.31. The van der Waals surface area contributed by atoms with E-state index in [0.29, 0.717) is 36.8 Å². The number of hydrogen-bond acceptors (Lipinski definition) is 7. The molecule has 1 atom stereocenters. The van der Waals surface area contributed by atoms with E-state index in [1.165, 1.54) is 0 Å². The SMILES string of the molecule is CCc1c(C(C)NS(=O)(=O)c2ccc(OC(F)(F)F)cc2)ccnc1Oc1cccc(N2CCOCC2)c1. The molecule has 1 aliphatic heterocycles. The Morgan fingerprint density at radius 3 is 2.45 bits per heavy atom. The van der Waals surface area contributed by atoms with Crippen LogP contribution in [-0.4, -0.2) is 46.1 Å². The van der Waals surface area contributed by atoms with Crippen molar-refractivity contribution >= 4 is 15.7 Å². The zero-order chi connectivity index (χ0) is 27.3. The first-order chi connectivity index (χ1) is 18.1. The second-order valence-electron chi connectivity index (χ2n) is 8.60. The summed E-state index contributed by atoms with van der Waals surface area (Å²) in [5.74, 6) is 0.456. The molecule has 0 aliphatic carbocycles. The molecule has 0 bridgehead atoms. The predicted octanol–water partition coefficient (Wildman–Crippen LogP) is 5.21. The fourth-order valence-corrected chi connectivity index (χ4v) is 5.42. The number of hydrogen-bond donors (Lipinski definition) is 1. The molecule has 1 fully saturated rings. The second-order valence-corrected chi connectivity index (χ2v) is 10.3. The molecule has 2 aromatic carbocycles. The standard InChI is InChI=1S/C26H28F3N3O5S/c1-3-23-24(18(2)31-38(33,34)22-9-7-20(8-10-22)37-26(27,28)29)11-12-30-25(23)36-21-6-4-5-19(17-21)32-13-15-35-16-14-32/h4-12,17-18,31H,3,13-16H2,1-2H3. The lowest BCUT2D eigenvalue weighted by molar-refractivity contribution is -0.274. The summed E-state index contributed by atoms with van der Waals surface area (Å²) < 4.78 is 81.1. The van der Waals surface area contributed by atoms with Crippen LogP contribution in [0.3, 0.4) is 0 Å². The minimum absolute atomic E-state index is 0.192. The number of alkyl halides is 3. The van der Waals surface area contributed by atoms with Gasteiger partial charge in [0, 0.05) is 42.6 Å². The van der Waals surface area contributed by atoms with Crippen molar-refractivity contribution in [3.63, 3.8) is 0 Å². The molecular weight excluding hydrogens is 523 g/mol. The Morgan fingerprint density at radius 2 is 1.79 bits per heavy atom. The number of benzene rings is 2. The number of sulfonamides is 1. The van der Waals surface area contributed by atoms with Gasteiger partial charge in [-0.1, -0.05) is 13.0 Å². The maximum absolute atomic E-state index is 12.9. The zero-order valence-electron chi connectivity index (χ0n) is 20.9. The summed E-state index contributed by atoms with van der Waals surface area (Å²) in [5, 5.41) is 0. The largest absolute Gasteiger partial charge is 0.573 e. The van der Waals surface area contributed by atoms with Crippen molar-refractivity contribution in [3.8, 4) is 17.4 Å². The Labute approximate surface area is 219 Å². The quantitative estimate of drug-likeness (QED) is 0.391. The van der Waals surface area contributed by atoms with Crippen molar-refractivity contribution in [3.05, 3.63) is 71.9 Å². The average Bonchev–Trinajstić information content (AvgIpc) is 2.88. The van der Waals surface area contributed by atoms with Crippen molar-refractivity contribution in [2.45, 2.75) is 37.6 Å². The van der Waals surface area contributed by atoms with Crippen LogP contribution >= 0.6 is 0 Å². The lowest BCUT2D eigenvalue weighted by Crippen LogP contribution is -2.36. The molecular formula is C26H28F3N3O5S. The number of nitrogens with zero attached hydrogens (tertiary/aromatic N) is 2. The number of aromatic nitrogens is 1. The fraction of sp³-hybridized carbons (Fsp3) is 0.346. The van der Waals surface area contributed by atoms with E-state index in [2.05, 4.69) is 19.3 Å². The molecule has 1 unspecified atom stereocenters. The molecule has 8 nitrogen and oxygen atoms in total. The van der Waals surface area contributed by atoms with E-state index in [1.807, 2.05) is 31.2 Å². The first-order valence-corrected chi connectivity index (χ1v) is 13.5. The van der Waals surface area contributed by atoms with Gasteiger partial charge in [0.15, 0.2) is 0 Å². The summed E-state index contributed by atoms with van der Waals surface area (Å²) in [7, 11) is -4.05. The van der Waals surface area contributed by atoms with Crippen molar-refractivity contribution < 1.29 is 35.8 Å². The molecule has 1 aliphatic rings. The molecule has 38 heavy (non-hydrogen) atoms. The molecule has 1 aromatic heterocycles. The van der Waals surface area contributed by atoms with Gasteiger partial charge in [0.25, 0.3) is 0 Å². The first kappa shape index (κ1) is 27.7. The number of anilines is 1. The number of pyridine rings is 1. The molecule has 1 saturated heterocycles. The highest BCUT2D eigenvalue weighted by molar-refractivity contribution is 7.89. The zero-order valence-corrected chi connectivity index (χ0v) is 21.7. The van der Waals surface area contributed by atoms with Gasteiger partial charge in [-0.2, -0.15) is 0 Å². The molecule has 3 aromatic rings. The summed E-state index contributed by atoms with van der Waals surface area (Å²) in [4.78, 5) is 6.40. The Hall–Kier alpha value is -3.35. The number of morpholine rings is 1. The minimum Gasteiger partial charge on any atom is -0.439 e. The Balaban J connectivity index is 1.52. The fourth-order valence-electron chi connectivity index (χ4n) is 4.20. The van der Waals surface area contributed by atoms with Crippen LogP contribution in [0.5, 0.6) is 17.4 Å². The Morgan fingerprint density at radius 1 is 1.08 bits per heavy atom. The van der Waals surface area contributed by atoms with Gasteiger partial charge in [-0.3, -0.25) is 0 Å². The Bertz CT molecular complexity index is 1340. The van der Waals surface area contributed by atoms with Crippen LogP contribution in [0.1, 0.15) is 31.0 Å². The van der Waals surface area contributed by atoms with E-state index in [-0.39, 0.29) is 4.90 Å².